The molecule has 1 N–H and O–H groups in total. The van der Waals surface area contributed by atoms with Crippen molar-refractivity contribution in [3.05, 3.63) is 77.1 Å². The average Bonchev–Trinajstić information content (AvgIpc) is 3.23. The van der Waals surface area contributed by atoms with E-state index in [0.29, 0.717) is 12.8 Å². The van der Waals surface area contributed by atoms with Crippen LogP contribution >= 0.6 is 0 Å². The van der Waals surface area contributed by atoms with Gasteiger partial charge in [-0.05, 0) is 43.5 Å². The lowest BCUT2D eigenvalue weighted by molar-refractivity contribution is -0.122. The predicted octanol–water partition coefficient (Wildman–Crippen LogP) is 3.62. The zero-order valence-electron chi connectivity index (χ0n) is 19.8. The van der Waals surface area contributed by atoms with Crippen LogP contribution in [0.3, 0.4) is 0 Å². The lowest BCUT2D eigenvalue weighted by Crippen LogP contribution is -2.43. The molecule has 3 heterocycles. The maximum atomic E-state index is 13.1. The first-order chi connectivity index (χ1) is 16.6. The van der Waals surface area contributed by atoms with E-state index in [2.05, 4.69) is 35.3 Å². The smallest absolute Gasteiger partial charge is 0.220 e. The zero-order valence-corrected chi connectivity index (χ0v) is 19.8. The number of carbonyl (C=O) groups is 1. The number of nitrogens with one attached hydrogen (secondary N) is 1. The summed E-state index contributed by atoms with van der Waals surface area (Å²) in [4.78, 5) is 20.3. The van der Waals surface area contributed by atoms with Gasteiger partial charge >= 0.3 is 0 Å². The zero-order chi connectivity index (χ0) is 23.5. The Labute approximate surface area is 199 Å². The minimum Gasteiger partial charge on any atom is -0.379 e. The van der Waals surface area contributed by atoms with Gasteiger partial charge in [0.2, 0.25) is 5.91 Å². The summed E-state index contributed by atoms with van der Waals surface area (Å²) in [6.07, 6.45) is 1.03. The van der Waals surface area contributed by atoms with Crippen LogP contribution in [0, 0.1) is 13.8 Å². The Morgan fingerprint density at radius 3 is 2.59 bits per heavy atom. The van der Waals surface area contributed by atoms with E-state index in [1.165, 1.54) is 0 Å². The molecule has 2 aromatic heterocycles. The Kier molecular flexibility index (Phi) is 6.56. The first-order valence-corrected chi connectivity index (χ1v) is 12.0. The minimum absolute atomic E-state index is 0.0478. The monoisotopic (exact) mass is 457 g/mol. The minimum atomic E-state index is -0.0500. The van der Waals surface area contributed by atoms with Gasteiger partial charge in [-0.1, -0.05) is 42.5 Å². The molecule has 176 valence electrons. The number of aromatic nitrogens is 3. The Morgan fingerprint density at radius 1 is 1.06 bits per heavy atom. The van der Waals surface area contributed by atoms with Crippen molar-refractivity contribution < 1.29 is 9.53 Å². The summed E-state index contributed by atoms with van der Waals surface area (Å²) in [7, 11) is 0. The Balaban J connectivity index is 1.31. The number of fused-ring (bicyclic) bond motifs is 3. The largest absolute Gasteiger partial charge is 0.379 e. The van der Waals surface area contributed by atoms with Crippen LogP contribution in [0.25, 0.3) is 16.6 Å². The maximum absolute atomic E-state index is 13.1. The molecule has 7 nitrogen and oxygen atoms in total. The van der Waals surface area contributed by atoms with Crippen LogP contribution in [0.2, 0.25) is 0 Å². The Morgan fingerprint density at radius 2 is 1.79 bits per heavy atom. The van der Waals surface area contributed by atoms with Crippen molar-refractivity contribution in [1.82, 2.24) is 24.8 Å². The van der Waals surface area contributed by atoms with Crippen LogP contribution in [0.4, 0.5) is 0 Å². The van der Waals surface area contributed by atoms with Crippen LogP contribution in [-0.4, -0.2) is 58.3 Å². The highest BCUT2D eigenvalue weighted by Gasteiger charge is 2.21. The van der Waals surface area contributed by atoms with Gasteiger partial charge in [-0.25, -0.2) is 9.50 Å². The van der Waals surface area contributed by atoms with Crippen LogP contribution in [-0.2, 0) is 16.0 Å². The van der Waals surface area contributed by atoms with Crippen molar-refractivity contribution in [1.29, 1.82) is 0 Å². The third-order valence-corrected chi connectivity index (χ3v) is 6.70. The first kappa shape index (κ1) is 22.5. The molecule has 1 saturated heterocycles. The summed E-state index contributed by atoms with van der Waals surface area (Å²) < 4.78 is 7.40. The molecule has 1 aliphatic heterocycles. The van der Waals surface area contributed by atoms with Crippen molar-refractivity contribution in [3.63, 3.8) is 0 Å². The number of carbonyl (C=O) groups excluding carboxylic acids is 1. The fourth-order valence-corrected chi connectivity index (χ4v) is 4.81. The van der Waals surface area contributed by atoms with E-state index >= 15 is 0 Å². The summed E-state index contributed by atoms with van der Waals surface area (Å²) in [5.74, 6) is 0.0478. The number of nitrogens with zero attached hydrogens (tertiary/aromatic N) is 4. The number of morpholine rings is 1. The molecule has 34 heavy (non-hydrogen) atoms. The van der Waals surface area contributed by atoms with Crippen LogP contribution < -0.4 is 5.32 Å². The van der Waals surface area contributed by atoms with Gasteiger partial charge in [0, 0.05) is 42.8 Å². The lowest BCUT2D eigenvalue weighted by atomic mass is 10.0. The molecule has 0 saturated carbocycles. The van der Waals surface area contributed by atoms with E-state index < -0.39 is 0 Å². The molecule has 4 aromatic rings. The van der Waals surface area contributed by atoms with E-state index in [4.69, 9.17) is 14.8 Å². The SMILES string of the molecule is Cc1nc2c3ccccc3nn2c(C)c1CCC(=O)NC(CN1CCOCC1)c1ccccc1. The van der Waals surface area contributed by atoms with Crippen LogP contribution in [0.1, 0.15) is 35.0 Å². The molecule has 0 spiro atoms. The van der Waals surface area contributed by atoms with E-state index in [1.54, 1.807) is 0 Å². The second-order valence-electron chi connectivity index (χ2n) is 8.96. The molecular formula is C27H31N5O2. The molecule has 1 amide bonds. The topological polar surface area (TPSA) is 71.8 Å². The molecule has 1 fully saturated rings. The van der Waals surface area contributed by atoms with E-state index in [-0.39, 0.29) is 11.9 Å². The number of hydrogen-bond donors (Lipinski definition) is 1. The van der Waals surface area contributed by atoms with Crippen LogP contribution in [0.5, 0.6) is 0 Å². The summed E-state index contributed by atoms with van der Waals surface area (Å²) in [6.45, 7) is 8.13. The van der Waals surface area contributed by atoms with Crippen molar-refractivity contribution >= 4 is 22.5 Å². The van der Waals surface area contributed by atoms with Gasteiger partial charge in [0.25, 0.3) is 0 Å². The van der Waals surface area contributed by atoms with Gasteiger partial charge in [-0.2, -0.15) is 5.10 Å². The number of benzene rings is 2. The normalized spacial score (nSPS) is 15.6. The van der Waals surface area contributed by atoms with Crippen molar-refractivity contribution in [3.8, 4) is 0 Å². The molecule has 0 aliphatic carbocycles. The van der Waals surface area contributed by atoms with Gasteiger partial charge in [-0.3, -0.25) is 9.69 Å². The number of hydrogen-bond acceptors (Lipinski definition) is 5. The highest BCUT2D eigenvalue weighted by Crippen LogP contribution is 2.23. The molecule has 1 aliphatic rings. The lowest BCUT2D eigenvalue weighted by Gasteiger charge is -2.31. The summed E-state index contributed by atoms with van der Waals surface area (Å²) in [6, 6.07) is 18.2. The van der Waals surface area contributed by atoms with Crippen molar-refractivity contribution in [2.45, 2.75) is 32.7 Å². The highest BCUT2D eigenvalue weighted by molar-refractivity contribution is 5.92. The first-order valence-electron chi connectivity index (χ1n) is 12.0. The molecule has 7 heteroatoms. The maximum Gasteiger partial charge on any atom is 0.220 e. The summed E-state index contributed by atoms with van der Waals surface area (Å²) >= 11 is 0. The van der Waals surface area contributed by atoms with Crippen molar-refractivity contribution in [2.24, 2.45) is 0 Å². The third kappa shape index (κ3) is 4.67. The quantitative estimate of drug-likeness (QED) is 0.459. The molecule has 5 rings (SSSR count). The number of rotatable bonds is 7. The van der Waals surface area contributed by atoms with Gasteiger partial charge in [0.1, 0.15) is 0 Å². The predicted molar refractivity (Wildman–Crippen MR) is 133 cm³/mol. The van der Waals surface area contributed by atoms with Gasteiger partial charge in [0.15, 0.2) is 5.65 Å². The molecule has 0 radical (unpaired) electrons. The molecule has 0 bridgehead atoms. The van der Waals surface area contributed by atoms with Gasteiger partial charge < -0.3 is 10.1 Å². The molecule has 1 atom stereocenters. The summed E-state index contributed by atoms with van der Waals surface area (Å²) in [5.41, 5.74) is 6.01. The van der Waals surface area contributed by atoms with Gasteiger partial charge in [0.05, 0.1) is 24.8 Å². The highest BCUT2D eigenvalue weighted by atomic mass is 16.5. The van der Waals surface area contributed by atoms with E-state index in [1.807, 2.05) is 47.8 Å². The fraction of sp³-hybridized carbons (Fsp3) is 0.370. The van der Waals surface area contributed by atoms with Crippen LogP contribution in [0.15, 0.2) is 54.6 Å². The second-order valence-corrected chi connectivity index (χ2v) is 8.96. The standard InChI is InChI=1S/C27H31N5O2/c1-19-22(20(2)32-27(28-19)23-10-6-7-11-24(23)30-32)12-13-26(33)29-25(21-8-4-3-5-9-21)18-31-14-16-34-17-15-31/h3-11,25H,12-18H2,1-2H3,(H,29,33). The molecule has 1 unspecified atom stereocenters. The second kappa shape index (κ2) is 9.91. The number of ether oxygens (including phenoxy) is 1. The fourth-order valence-electron chi connectivity index (χ4n) is 4.81. The Bertz CT molecular complexity index is 1290. The van der Waals surface area contributed by atoms with E-state index in [0.717, 1.165) is 71.9 Å². The average molecular weight is 458 g/mol. The third-order valence-electron chi connectivity index (χ3n) is 6.70. The van der Waals surface area contributed by atoms with E-state index in [9.17, 15) is 4.79 Å². The molecular weight excluding hydrogens is 426 g/mol. The number of amides is 1. The van der Waals surface area contributed by atoms with Gasteiger partial charge in [-0.15, -0.1) is 0 Å². The summed E-state index contributed by atoms with van der Waals surface area (Å²) in [5, 5.41) is 9.07. The number of aryl methyl sites for hydroxylation is 2. The molecule has 2 aromatic carbocycles. The van der Waals surface area contributed by atoms with Crippen molar-refractivity contribution in [2.75, 3.05) is 32.8 Å². The Hall–Kier alpha value is -3.29.